The minimum atomic E-state index is 0.0479. The second-order valence-corrected chi connectivity index (χ2v) is 7.87. The molecule has 0 atom stereocenters. The Hall–Kier alpha value is -2.49. The molecular formula is C24H33NO3. The number of amides is 1. The standard InChI is InChI=1S/C24H33NO3/c1-6-27-21-14-10-19(16-22(21)28-7-2)17-25-23(26)15-11-18-8-12-20(13-9-18)24(3,4)5/h8-10,12-14,16H,6-7,11,15,17H2,1-5H3,(H,25,26). The Morgan fingerprint density at radius 2 is 1.50 bits per heavy atom. The van der Waals surface area contributed by atoms with Gasteiger partial charge in [0.2, 0.25) is 5.91 Å². The lowest BCUT2D eigenvalue weighted by Crippen LogP contribution is -2.23. The minimum Gasteiger partial charge on any atom is -0.490 e. The topological polar surface area (TPSA) is 47.6 Å². The Kier molecular flexibility index (Phi) is 7.91. The molecule has 0 radical (unpaired) electrons. The molecule has 0 aliphatic rings. The number of ether oxygens (including phenoxy) is 2. The zero-order chi connectivity index (χ0) is 20.6. The van der Waals surface area contributed by atoms with Crippen molar-refractivity contribution in [2.75, 3.05) is 13.2 Å². The first-order valence-corrected chi connectivity index (χ1v) is 10.1. The third-order valence-corrected chi connectivity index (χ3v) is 4.56. The zero-order valence-electron chi connectivity index (χ0n) is 17.8. The molecule has 2 rings (SSSR count). The van der Waals surface area contributed by atoms with E-state index in [-0.39, 0.29) is 11.3 Å². The van der Waals surface area contributed by atoms with Gasteiger partial charge in [0.05, 0.1) is 13.2 Å². The third kappa shape index (κ3) is 6.59. The summed E-state index contributed by atoms with van der Waals surface area (Å²) in [6, 6.07) is 14.3. The predicted molar refractivity (Wildman–Crippen MR) is 114 cm³/mol. The van der Waals surface area contributed by atoms with Gasteiger partial charge in [0.1, 0.15) is 0 Å². The van der Waals surface area contributed by atoms with Crippen molar-refractivity contribution in [3.05, 3.63) is 59.2 Å². The molecule has 0 saturated carbocycles. The van der Waals surface area contributed by atoms with Crippen molar-refractivity contribution >= 4 is 5.91 Å². The van der Waals surface area contributed by atoms with Gasteiger partial charge in [-0.05, 0) is 54.5 Å². The summed E-state index contributed by atoms with van der Waals surface area (Å²) in [6.45, 7) is 12.1. The van der Waals surface area contributed by atoms with E-state index in [4.69, 9.17) is 9.47 Å². The monoisotopic (exact) mass is 383 g/mol. The van der Waals surface area contributed by atoms with Gasteiger partial charge in [-0.15, -0.1) is 0 Å². The molecule has 0 unspecified atom stereocenters. The quantitative estimate of drug-likeness (QED) is 0.661. The van der Waals surface area contributed by atoms with Crippen LogP contribution in [0, 0.1) is 0 Å². The fraction of sp³-hybridized carbons (Fsp3) is 0.458. The maximum atomic E-state index is 12.2. The molecule has 28 heavy (non-hydrogen) atoms. The Morgan fingerprint density at radius 3 is 2.11 bits per heavy atom. The molecule has 0 saturated heterocycles. The lowest BCUT2D eigenvalue weighted by atomic mass is 9.86. The van der Waals surface area contributed by atoms with Crippen LogP contribution in [0.5, 0.6) is 11.5 Å². The summed E-state index contributed by atoms with van der Waals surface area (Å²) < 4.78 is 11.2. The second kappa shape index (κ2) is 10.2. The van der Waals surface area contributed by atoms with Crippen molar-refractivity contribution in [1.82, 2.24) is 5.32 Å². The molecule has 0 aliphatic heterocycles. The van der Waals surface area contributed by atoms with Gasteiger partial charge in [-0.3, -0.25) is 4.79 Å². The lowest BCUT2D eigenvalue weighted by molar-refractivity contribution is -0.121. The Morgan fingerprint density at radius 1 is 0.893 bits per heavy atom. The molecule has 0 heterocycles. The van der Waals surface area contributed by atoms with Gasteiger partial charge in [0, 0.05) is 13.0 Å². The van der Waals surface area contributed by atoms with Crippen molar-refractivity contribution in [3.63, 3.8) is 0 Å². The van der Waals surface area contributed by atoms with Crippen LogP contribution in [0.4, 0.5) is 0 Å². The smallest absolute Gasteiger partial charge is 0.220 e. The largest absolute Gasteiger partial charge is 0.490 e. The van der Waals surface area contributed by atoms with E-state index in [1.165, 1.54) is 11.1 Å². The molecule has 0 bridgehead atoms. The van der Waals surface area contributed by atoms with E-state index in [2.05, 4.69) is 50.4 Å². The van der Waals surface area contributed by atoms with Crippen LogP contribution >= 0.6 is 0 Å². The summed E-state index contributed by atoms with van der Waals surface area (Å²) in [4.78, 5) is 12.2. The summed E-state index contributed by atoms with van der Waals surface area (Å²) in [5, 5.41) is 2.99. The number of carbonyl (C=O) groups is 1. The van der Waals surface area contributed by atoms with E-state index in [9.17, 15) is 4.79 Å². The first-order chi connectivity index (χ1) is 13.3. The first-order valence-electron chi connectivity index (χ1n) is 10.1. The lowest BCUT2D eigenvalue weighted by Gasteiger charge is -2.19. The van der Waals surface area contributed by atoms with Gasteiger partial charge in [0.25, 0.3) is 0 Å². The number of rotatable bonds is 9. The molecule has 0 aliphatic carbocycles. The van der Waals surface area contributed by atoms with Crippen LogP contribution in [0.1, 0.15) is 57.7 Å². The highest BCUT2D eigenvalue weighted by molar-refractivity contribution is 5.76. The highest BCUT2D eigenvalue weighted by Crippen LogP contribution is 2.28. The van der Waals surface area contributed by atoms with Gasteiger partial charge in [-0.2, -0.15) is 0 Å². The molecule has 1 N–H and O–H groups in total. The van der Waals surface area contributed by atoms with Crippen molar-refractivity contribution in [3.8, 4) is 11.5 Å². The van der Waals surface area contributed by atoms with Crippen LogP contribution in [-0.2, 0) is 23.2 Å². The number of aryl methyl sites for hydroxylation is 1. The number of nitrogens with one attached hydrogen (secondary N) is 1. The van der Waals surface area contributed by atoms with E-state index in [1.54, 1.807) is 0 Å². The average Bonchev–Trinajstić information content (AvgIpc) is 2.66. The van der Waals surface area contributed by atoms with E-state index < -0.39 is 0 Å². The molecule has 0 spiro atoms. The molecule has 2 aromatic rings. The number of carbonyl (C=O) groups excluding carboxylic acids is 1. The summed E-state index contributed by atoms with van der Waals surface area (Å²) in [7, 11) is 0. The minimum absolute atomic E-state index is 0.0479. The van der Waals surface area contributed by atoms with Crippen LogP contribution in [0.2, 0.25) is 0 Å². The molecule has 0 aromatic heterocycles. The van der Waals surface area contributed by atoms with Crippen LogP contribution in [0.25, 0.3) is 0 Å². The van der Waals surface area contributed by atoms with Gasteiger partial charge in [-0.25, -0.2) is 0 Å². The molecular weight excluding hydrogens is 350 g/mol. The van der Waals surface area contributed by atoms with Crippen LogP contribution in [-0.4, -0.2) is 19.1 Å². The normalized spacial score (nSPS) is 11.2. The van der Waals surface area contributed by atoms with Crippen molar-refractivity contribution in [1.29, 1.82) is 0 Å². The van der Waals surface area contributed by atoms with E-state index in [1.807, 2.05) is 32.0 Å². The van der Waals surface area contributed by atoms with E-state index >= 15 is 0 Å². The molecule has 4 heteroatoms. The van der Waals surface area contributed by atoms with Gasteiger partial charge < -0.3 is 14.8 Å². The SMILES string of the molecule is CCOc1ccc(CNC(=O)CCc2ccc(C(C)(C)C)cc2)cc1OCC. The maximum Gasteiger partial charge on any atom is 0.220 e. The second-order valence-electron chi connectivity index (χ2n) is 7.87. The Labute approximate surface area is 169 Å². The molecule has 0 fully saturated rings. The Balaban J connectivity index is 1.86. The van der Waals surface area contributed by atoms with Gasteiger partial charge >= 0.3 is 0 Å². The Bertz CT molecular complexity index is 760. The summed E-state index contributed by atoms with van der Waals surface area (Å²) in [6.07, 6.45) is 1.22. The fourth-order valence-corrected chi connectivity index (χ4v) is 2.92. The summed E-state index contributed by atoms with van der Waals surface area (Å²) in [5.41, 5.74) is 3.63. The predicted octanol–water partition coefficient (Wildman–Crippen LogP) is 5.03. The van der Waals surface area contributed by atoms with Crippen LogP contribution in [0.3, 0.4) is 0 Å². The van der Waals surface area contributed by atoms with Gasteiger partial charge in [-0.1, -0.05) is 51.1 Å². The van der Waals surface area contributed by atoms with E-state index in [0.717, 1.165) is 23.5 Å². The molecule has 1 amide bonds. The molecule has 4 nitrogen and oxygen atoms in total. The number of hydrogen-bond acceptors (Lipinski definition) is 3. The van der Waals surface area contributed by atoms with Crippen molar-refractivity contribution in [2.45, 2.75) is 59.4 Å². The summed E-state index contributed by atoms with van der Waals surface area (Å²) >= 11 is 0. The number of benzene rings is 2. The van der Waals surface area contributed by atoms with Crippen LogP contribution in [0.15, 0.2) is 42.5 Å². The van der Waals surface area contributed by atoms with E-state index in [0.29, 0.717) is 26.2 Å². The average molecular weight is 384 g/mol. The molecule has 152 valence electrons. The fourth-order valence-electron chi connectivity index (χ4n) is 2.92. The van der Waals surface area contributed by atoms with Gasteiger partial charge in [0.15, 0.2) is 11.5 Å². The third-order valence-electron chi connectivity index (χ3n) is 4.56. The maximum absolute atomic E-state index is 12.2. The highest BCUT2D eigenvalue weighted by atomic mass is 16.5. The van der Waals surface area contributed by atoms with Crippen molar-refractivity contribution in [2.24, 2.45) is 0 Å². The molecule has 2 aromatic carbocycles. The summed E-state index contributed by atoms with van der Waals surface area (Å²) in [5.74, 6) is 1.50. The first kappa shape index (κ1) is 21.8. The van der Waals surface area contributed by atoms with Crippen LogP contribution < -0.4 is 14.8 Å². The zero-order valence-corrected chi connectivity index (χ0v) is 17.8. The highest BCUT2D eigenvalue weighted by Gasteiger charge is 2.13. The van der Waals surface area contributed by atoms with Crippen molar-refractivity contribution < 1.29 is 14.3 Å². The number of hydrogen-bond donors (Lipinski definition) is 1.